The van der Waals surface area contributed by atoms with Crippen LogP contribution in [0, 0.1) is 5.41 Å². The number of amides is 1. The van der Waals surface area contributed by atoms with E-state index >= 15 is 0 Å². The number of carbonyl (C=O) groups is 1. The van der Waals surface area contributed by atoms with Crippen molar-refractivity contribution in [2.24, 2.45) is 11.1 Å². The number of nitrogens with zero attached hydrogens (tertiary/aromatic N) is 2. The van der Waals surface area contributed by atoms with Crippen LogP contribution >= 0.6 is 23.7 Å². The molecule has 5 nitrogen and oxygen atoms in total. The third kappa shape index (κ3) is 4.89. The Hall–Kier alpha value is -0.720. The Bertz CT molecular complexity index is 492. The Kier molecular flexibility index (Phi) is 6.77. The van der Waals surface area contributed by atoms with Crippen molar-refractivity contribution >= 4 is 34.8 Å². The van der Waals surface area contributed by atoms with Gasteiger partial charge in [-0.2, -0.15) is 0 Å². The van der Waals surface area contributed by atoms with Gasteiger partial charge in [0.15, 0.2) is 0 Å². The van der Waals surface area contributed by atoms with Crippen molar-refractivity contribution in [1.82, 2.24) is 10.2 Å². The van der Waals surface area contributed by atoms with Gasteiger partial charge in [-0.25, -0.2) is 0 Å². The van der Waals surface area contributed by atoms with Crippen LogP contribution in [0.15, 0.2) is 0 Å². The van der Waals surface area contributed by atoms with Crippen LogP contribution in [-0.4, -0.2) is 22.6 Å². The second-order valence-electron chi connectivity index (χ2n) is 7.15. The first-order valence-electron chi connectivity index (χ1n) is 7.69. The molecule has 1 amide bonds. The number of nitrogens with two attached hydrogens (primary N) is 1. The van der Waals surface area contributed by atoms with Gasteiger partial charge < -0.3 is 11.1 Å². The molecule has 0 unspecified atom stereocenters. The van der Waals surface area contributed by atoms with E-state index in [1.807, 2.05) is 0 Å². The number of rotatable bonds is 4. The van der Waals surface area contributed by atoms with Crippen LogP contribution in [0.5, 0.6) is 0 Å². The smallest absolute Gasteiger partial charge is 0.226 e. The fourth-order valence-corrected chi connectivity index (χ4v) is 3.65. The largest absolute Gasteiger partial charge is 0.330 e. The molecule has 0 spiro atoms. The second-order valence-corrected chi connectivity index (χ2v) is 8.13. The standard InChI is InChI=1S/C15H26N4OS.ClH/c1-14(2,3)12-18-19-13(21-12)17-11(20)9-15(10-16)7-5-4-6-8-15;/h4-10,16H2,1-3H3,(H,17,19,20);1H. The first-order chi connectivity index (χ1) is 9.85. The molecule has 1 aromatic rings. The first-order valence-corrected chi connectivity index (χ1v) is 8.50. The fourth-order valence-electron chi connectivity index (χ4n) is 2.84. The number of carbonyl (C=O) groups excluding carboxylic acids is 1. The van der Waals surface area contributed by atoms with Crippen molar-refractivity contribution in [3.8, 4) is 0 Å². The van der Waals surface area contributed by atoms with Gasteiger partial charge in [0.25, 0.3) is 0 Å². The second kappa shape index (κ2) is 7.70. The summed E-state index contributed by atoms with van der Waals surface area (Å²) >= 11 is 1.45. The lowest BCUT2D eigenvalue weighted by Gasteiger charge is -2.35. The van der Waals surface area contributed by atoms with Gasteiger partial charge >= 0.3 is 0 Å². The van der Waals surface area contributed by atoms with Crippen LogP contribution in [0.3, 0.4) is 0 Å². The highest BCUT2D eigenvalue weighted by Gasteiger charge is 2.33. The number of hydrogen-bond donors (Lipinski definition) is 2. The highest BCUT2D eigenvalue weighted by molar-refractivity contribution is 7.15. The molecular formula is C15H27ClN4OS. The number of halogens is 1. The van der Waals surface area contributed by atoms with Gasteiger partial charge in [0.2, 0.25) is 11.0 Å². The molecule has 0 saturated heterocycles. The summed E-state index contributed by atoms with van der Waals surface area (Å²) < 4.78 is 0. The topological polar surface area (TPSA) is 80.9 Å². The van der Waals surface area contributed by atoms with E-state index in [1.54, 1.807) is 0 Å². The van der Waals surface area contributed by atoms with E-state index in [-0.39, 0.29) is 29.1 Å². The van der Waals surface area contributed by atoms with Crippen molar-refractivity contribution in [2.45, 2.75) is 64.7 Å². The van der Waals surface area contributed by atoms with Crippen molar-refractivity contribution in [2.75, 3.05) is 11.9 Å². The Morgan fingerprint density at radius 2 is 1.91 bits per heavy atom. The lowest BCUT2D eigenvalue weighted by Crippen LogP contribution is -2.36. The molecule has 0 radical (unpaired) electrons. The maximum Gasteiger partial charge on any atom is 0.226 e. The Labute approximate surface area is 142 Å². The summed E-state index contributed by atoms with van der Waals surface area (Å²) in [6.07, 6.45) is 6.22. The quantitative estimate of drug-likeness (QED) is 0.874. The fraction of sp³-hybridized carbons (Fsp3) is 0.800. The maximum absolute atomic E-state index is 12.3. The molecule has 0 bridgehead atoms. The molecule has 1 heterocycles. The number of hydrogen-bond acceptors (Lipinski definition) is 5. The molecule has 0 aliphatic heterocycles. The molecule has 22 heavy (non-hydrogen) atoms. The van der Waals surface area contributed by atoms with Crippen LogP contribution in [-0.2, 0) is 10.2 Å². The van der Waals surface area contributed by atoms with E-state index in [1.165, 1.54) is 30.6 Å². The summed E-state index contributed by atoms with van der Waals surface area (Å²) in [6.45, 7) is 6.85. The summed E-state index contributed by atoms with van der Waals surface area (Å²) in [5.74, 6) is 0.0129. The minimum absolute atomic E-state index is 0. The highest BCUT2D eigenvalue weighted by Crippen LogP contribution is 2.38. The van der Waals surface area contributed by atoms with Gasteiger partial charge in [0.1, 0.15) is 5.01 Å². The van der Waals surface area contributed by atoms with E-state index in [0.717, 1.165) is 17.8 Å². The zero-order valence-corrected chi connectivity index (χ0v) is 15.3. The zero-order chi connectivity index (χ0) is 15.5. The SMILES string of the molecule is CC(C)(C)c1nnc(NC(=O)CC2(CN)CCCCC2)s1.Cl. The predicted molar refractivity (Wildman–Crippen MR) is 93.7 cm³/mol. The summed E-state index contributed by atoms with van der Waals surface area (Å²) in [7, 11) is 0. The Balaban J connectivity index is 0.00000242. The third-order valence-corrected chi connectivity index (χ3v) is 5.46. The highest BCUT2D eigenvalue weighted by atomic mass is 35.5. The van der Waals surface area contributed by atoms with Gasteiger partial charge in [0.05, 0.1) is 0 Å². The lowest BCUT2D eigenvalue weighted by atomic mass is 9.72. The number of anilines is 1. The van der Waals surface area contributed by atoms with Crippen LogP contribution in [0.2, 0.25) is 0 Å². The van der Waals surface area contributed by atoms with E-state index in [2.05, 4.69) is 36.3 Å². The molecule has 1 aliphatic rings. The monoisotopic (exact) mass is 346 g/mol. The molecule has 0 aromatic carbocycles. The average molecular weight is 347 g/mol. The van der Waals surface area contributed by atoms with Crippen LogP contribution in [0.4, 0.5) is 5.13 Å². The molecule has 1 saturated carbocycles. The van der Waals surface area contributed by atoms with Gasteiger partial charge in [-0.05, 0) is 24.8 Å². The molecule has 0 atom stereocenters. The normalized spacial score (nSPS) is 17.6. The number of aromatic nitrogens is 2. The predicted octanol–water partition coefficient (Wildman–Crippen LogP) is 3.50. The molecule has 1 fully saturated rings. The summed E-state index contributed by atoms with van der Waals surface area (Å²) in [5, 5.41) is 12.6. The molecule has 1 aliphatic carbocycles. The average Bonchev–Trinajstić information content (AvgIpc) is 2.88. The number of nitrogens with one attached hydrogen (secondary N) is 1. The summed E-state index contributed by atoms with van der Waals surface area (Å²) in [5.41, 5.74) is 5.88. The van der Waals surface area contributed by atoms with E-state index in [9.17, 15) is 4.79 Å². The van der Waals surface area contributed by atoms with Gasteiger partial charge in [-0.1, -0.05) is 51.4 Å². The summed E-state index contributed by atoms with van der Waals surface area (Å²) in [4.78, 5) is 12.3. The molecule has 3 N–H and O–H groups in total. The summed E-state index contributed by atoms with van der Waals surface area (Å²) in [6, 6.07) is 0. The van der Waals surface area contributed by atoms with Crippen molar-refractivity contribution in [3.63, 3.8) is 0 Å². The first kappa shape index (κ1) is 19.3. The van der Waals surface area contributed by atoms with Crippen molar-refractivity contribution < 1.29 is 4.79 Å². The van der Waals surface area contributed by atoms with Gasteiger partial charge in [-0.3, -0.25) is 4.79 Å². The molecule has 1 aromatic heterocycles. The zero-order valence-electron chi connectivity index (χ0n) is 13.6. The van der Waals surface area contributed by atoms with Crippen LogP contribution in [0.1, 0.15) is 64.3 Å². The Morgan fingerprint density at radius 3 is 2.41 bits per heavy atom. The maximum atomic E-state index is 12.3. The van der Waals surface area contributed by atoms with E-state index in [0.29, 0.717) is 18.1 Å². The van der Waals surface area contributed by atoms with Crippen molar-refractivity contribution in [1.29, 1.82) is 0 Å². The van der Waals surface area contributed by atoms with E-state index < -0.39 is 0 Å². The molecule has 7 heteroatoms. The molecule has 126 valence electrons. The van der Waals surface area contributed by atoms with E-state index in [4.69, 9.17) is 5.73 Å². The van der Waals surface area contributed by atoms with Crippen LogP contribution < -0.4 is 11.1 Å². The van der Waals surface area contributed by atoms with Crippen LogP contribution in [0.25, 0.3) is 0 Å². The van der Waals surface area contributed by atoms with Crippen molar-refractivity contribution in [3.05, 3.63) is 5.01 Å². The lowest BCUT2D eigenvalue weighted by molar-refractivity contribution is -0.118. The molecular weight excluding hydrogens is 320 g/mol. The minimum Gasteiger partial charge on any atom is -0.330 e. The third-order valence-electron chi connectivity index (χ3n) is 4.20. The Morgan fingerprint density at radius 1 is 1.27 bits per heavy atom. The van der Waals surface area contributed by atoms with Gasteiger partial charge in [0, 0.05) is 11.8 Å². The minimum atomic E-state index is -0.0392. The van der Waals surface area contributed by atoms with Gasteiger partial charge in [-0.15, -0.1) is 22.6 Å². The molecule has 2 rings (SSSR count).